The van der Waals surface area contributed by atoms with Crippen LogP contribution in [-0.4, -0.2) is 12.5 Å². The molecule has 0 unspecified atom stereocenters. The molecular weight excluding hydrogens is 376 g/mol. The van der Waals surface area contributed by atoms with Gasteiger partial charge in [-0.3, -0.25) is 4.79 Å². The number of aromatic nitrogens is 1. The van der Waals surface area contributed by atoms with Crippen molar-refractivity contribution >= 4 is 11.6 Å². The van der Waals surface area contributed by atoms with Gasteiger partial charge in [0.25, 0.3) is 5.91 Å². The van der Waals surface area contributed by atoms with Crippen molar-refractivity contribution in [1.29, 1.82) is 0 Å². The first-order chi connectivity index (χ1) is 14.3. The van der Waals surface area contributed by atoms with E-state index in [0.717, 1.165) is 33.5 Å². The van der Waals surface area contributed by atoms with Gasteiger partial charge in [0.1, 0.15) is 5.75 Å². The lowest BCUT2D eigenvalue weighted by Crippen LogP contribution is -2.36. The van der Waals surface area contributed by atoms with E-state index in [-0.39, 0.29) is 11.5 Å². The molecule has 0 spiro atoms. The Kier molecular flexibility index (Phi) is 6.40. The molecule has 0 aliphatic rings. The molecule has 0 saturated carbocycles. The Morgan fingerprint density at radius 2 is 1.73 bits per heavy atom. The van der Waals surface area contributed by atoms with Gasteiger partial charge in [-0.15, -0.1) is 0 Å². The number of anilines is 1. The molecule has 0 radical (unpaired) electrons. The fourth-order valence-corrected chi connectivity index (χ4v) is 3.41. The molecule has 2 aromatic carbocycles. The van der Waals surface area contributed by atoms with Gasteiger partial charge in [-0.05, 0) is 56.0 Å². The van der Waals surface area contributed by atoms with Crippen LogP contribution in [0.3, 0.4) is 0 Å². The van der Waals surface area contributed by atoms with Gasteiger partial charge in [0.05, 0.1) is 12.2 Å². The maximum absolute atomic E-state index is 13.5. The zero-order chi connectivity index (χ0) is 21.8. The minimum absolute atomic E-state index is 0.249. The number of carbonyl (C=O) groups excluding carboxylic acids is 1. The lowest BCUT2D eigenvalue weighted by Gasteiger charge is -2.18. The fraction of sp³-hybridized carbons (Fsp3) is 0.280. The molecule has 3 aromatic rings. The van der Waals surface area contributed by atoms with Crippen molar-refractivity contribution in [1.82, 2.24) is 0 Å². The van der Waals surface area contributed by atoms with Crippen LogP contribution in [0.4, 0.5) is 5.69 Å². The summed E-state index contributed by atoms with van der Waals surface area (Å²) in [6.07, 6.45) is 0.795. The molecular formula is C25H28N2O3. The average Bonchev–Trinajstić information content (AvgIpc) is 2.72. The number of ether oxygens (including phenoxy) is 1. The molecule has 0 atom stereocenters. The van der Waals surface area contributed by atoms with Crippen LogP contribution in [0.5, 0.6) is 5.75 Å². The number of hydrogen-bond donors (Lipinski definition) is 1. The lowest BCUT2D eigenvalue weighted by atomic mass is 9.99. The standard InChI is InChI=1S/C25H28N2O3/c1-6-14-30-22-15-18(4)27(29)24(20-12-8-7-10-17(20)3)23(22)25(28)26-21-13-9-11-16(2)19(21)5/h7-13,15H,6,14H2,1-5H3,(H,26,28). The minimum Gasteiger partial charge on any atom is -0.618 e. The molecule has 0 bridgehead atoms. The quantitative estimate of drug-likeness (QED) is 0.450. The van der Waals surface area contributed by atoms with Crippen LogP contribution < -0.4 is 14.8 Å². The van der Waals surface area contributed by atoms with Crippen LogP contribution in [0.25, 0.3) is 11.3 Å². The third-order valence-corrected chi connectivity index (χ3v) is 5.29. The SMILES string of the molecule is CCCOc1cc(C)[n+]([O-])c(-c2ccccc2C)c1C(=O)Nc1cccc(C)c1C. The predicted octanol–water partition coefficient (Wildman–Crippen LogP) is 5.26. The van der Waals surface area contributed by atoms with Crippen molar-refractivity contribution in [3.05, 3.63) is 81.7 Å². The zero-order valence-corrected chi connectivity index (χ0v) is 18.2. The van der Waals surface area contributed by atoms with Gasteiger partial charge in [-0.2, -0.15) is 4.73 Å². The van der Waals surface area contributed by atoms with Gasteiger partial charge in [0.15, 0.2) is 11.3 Å². The second kappa shape index (κ2) is 8.99. The predicted molar refractivity (Wildman–Crippen MR) is 120 cm³/mol. The van der Waals surface area contributed by atoms with Gasteiger partial charge in [-0.25, -0.2) is 0 Å². The first kappa shape index (κ1) is 21.4. The minimum atomic E-state index is -0.363. The third-order valence-electron chi connectivity index (χ3n) is 5.29. The molecule has 1 amide bonds. The Labute approximate surface area is 177 Å². The Morgan fingerprint density at radius 3 is 2.43 bits per heavy atom. The average molecular weight is 405 g/mol. The number of carbonyl (C=O) groups is 1. The van der Waals surface area contributed by atoms with Crippen LogP contribution in [0, 0.1) is 32.9 Å². The zero-order valence-electron chi connectivity index (χ0n) is 18.2. The molecule has 0 aliphatic carbocycles. The van der Waals surface area contributed by atoms with Gasteiger partial charge < -0.3 is 15.3 Å². The van der Waals surface area contributed by atoms with Gasteiger partial charge in [0.2, 0.25) is 5.69 Å². The number of benzene rings is 2. The second-order valence-electron chi connectivity index (χ2n) is 7.53. The van der Waals surface area contributed by atoms with Crippen LogP contribution >= 0.6 is 0 Å². The van der Waals surface area contributed by atoms with E-state index in [9.17, 15) is 10.0 Å². The smallest absolute Gasteiger partial charge is 0.266 e. The van der Waals surface area contributed by atoms with Crippen LogP contribution in [0.1, 0.15) is 46.1 Å². The number of nitrogens with one attached hydrogen (secondary N) is 1. The van der Waals surface area contributed by atoms with Crippen molar-refractivity contribution in [2.24, 2.45) is 0 Å². The van der Waals surface area contributed by atoms with E-state index in [2.05, 4.69) is 5.32 Å². The monoisotopic (exact) mass is 404 g/mol. The van der Waals surface area contributed by atoms with Crippen molar-refractivity contribution < 1.29 is 14.3 Å². The normalized spacial score (nSPS) is 10.7. The van der Waals surface area contributed by atoms with Gasteiger partial charge in [0, 0.05) is 18.7 Å². The number of nitrogens with zero attached hydrogens (tertiary/aromatic N) is 1. The number of pyridine rings is 1. The van der Waals surface area contributed by atoms with E-state index in [1.165, 1.54) is 0 Å². The summed E-state index contributed by atoms with van der Waals surface area (Å²) in [5, 5.41) is 16.1. The Balaban J connectivity index is 2.22. The molecule has 0 aliphatic heterocycles. The molecule has 156 valence electrons. The summed E-state index contributed by atoms with van der Waals surface area (Å²) in [6.45, 7) is 10.1. The van der Waals surface area contributed by atoms with Gasteiger partial charge in [-0.1, -0.05) is 37.3 Å². The van der Waals surface area contributed by atoms with Crippen molar-refractivity contribution in [2.75, 3.05) is 11.9 Å². The van der Waals surface area contributed by atoms with Crippen molar-refractivity contribution in [2.45, 2.75) is 41.0 Å². The molecule has 1 N–H and O–H groups in total. The maximum atomic E-state index is 13.5. The van der Waals surface area contributed by atoms with E-state index in [1.807, 2.05) is 70.2 Å². The number of hydrogen-bond acceptors (Lipinski definition) is 3. The third kappa shape index (κ3) is 4.15. The summed E-state index contributed by atoms with van der Waals surface area (Å²) >= 11 is 0. The Bertz CT molecular complexity index is 1090. The summed E-state index contributed by atoms with van der Waals surface area (Å²) in [4.78, 5) is 13.5. The Hall–Kier alpha value is -3.34. The number of aryl methyl sites for hydroxylation is 3. The molecule has 0 fully saturated rings. The van der Waals surface area contributed by atoms with Crippen molar-refractivity contribution in [3.8, 4) is 17.0 Å². The Morgan fingerprint density at radius 1 is 1.03 bits per heavy atom. The molecule has 1 aromatic heterocycles. The molecule has 5 heteroatoms. The molecule has 30 heavy (non-hydrogen) atoms. The van der Waals surface area contributed by atoms with Crippen LogP contribution in [0.2, 0.25) is 0 Å². The highest BCUT2D eigenvalue weighted by molar-refractivity contribution is 6.10. The summed E-state index contributed by atoms with van der Waals surface area (Å²) in [5.41, 5.74) is 5.44. The highest BCUT2D eigenvalue weighted by Gasteiger charge is 2.29. The van der Waals surface area contributed by atoms with E-state index in [0.29, 0.717) is 29.3 Å². The largest absolute Gasteiger partial charge is 0.618 e. The van der Waals surface area contributed by atoms with E-state index in [4.69, 9.17) is 4.74 Å². The molecule has 5 nitrogen and oxygen atoms in total. The topological polar surface area (TPSA) is 65.3 Å². The summed E-state index contributed by atoms with van der Waals surface area (Å²) in [6, 6.07) is 15.0. The second-order valence-corrected chi connectivity index (χ2v) is 7.53. The van der Waals surface area contributed by atoms with E-state index in [1.54, 1.807) is 13.0 Å². The summed E-state index contributed by atoms with van der Waals surface area (Å²) in [7, 11) is 0. The van der Waals surface area contributed by atoms with E-state index >= 15 is 0 Å². The van der Waals surface area contributed by atoms with Crippen LogP contribution in [-0.2, 0) is 0 Å². The number of rotatable bonds is 6. The summed E-state index contributed by atoms with van der Waals surface area (Å²) < 4.78 is 6.74. The molecule has 3 rings (SSSR count). The highest BCUT2D eigenvalue weighted by atomic mass is 16.5. The lowest BCUT2D eigenvalue weighted by molar-refractivity contribution is -0.600. The maximum Gasteiger partial charge on any atom is 0.266 e. The van der Waals surface area contributed by atoms with E-state index < -0.39 is 0 Å². The molecule has 1 heterocycles. The summed E-state index contributed by atoms with van der Waals surface area (Å²) in [5.74, 6) is 0.0557. The molecule has 0 saturated heterocycles. The van der Waals surface area contributed by atoms with Crippen molar-refractivity contribution in [3.63, 3.8) is 0 Å². The van der Waals surface area contributed by atoms with Crippen LogP contribution in [0.15, 0.2) is 48.5 Å². The first-order valence-corrected chi connectivity index (χ1v) is 10.2. The first-order valence-electron chi connectivity index (χ1n) is 10.2. The number of amides is 1. The highest BCUT2D eigenvalue weighted by Crippen LogP contribution is 2.32. The van der Waals surface area contributed by atoms with Gasteiger partial charge >= 0.3 is 0 Å². The fourth-order valence-electron chi connectivity index (χ4n) is 3.41.